The Hall–Kier alpha value is -3.30. The van der Waals surface area contributed by atoms with E-state index in [0.717, 1.165) is 5.56 Å². The van der Waals surface area contributed by atoms with Crippen molar-refractivity contribution in [2.75, 3.05) is 19.6 Å². The van der Waals surface area contributed by atoms with Crippen LogP contribution in [0.4, 0.5) is 4.79 Å². The van der Waals surface area contributed by atoms with E-state index in [0.29, 0.717) is 11.3 Å². The highest BCUT2D eigenvalue weighted by molar-refractivity contribution is 6.27. The number of aliphatic hydroxyl groups excluding tert-OH is 1. The summed E-state index contributed by atoms with van der Waals surface area (Å²) in [5.74, 6) is -1.22. The summed E-state index contributed by atoms with van der Waals surface area (Å²) >= 11 is 5.92. The highest BCUT2D eigenvalue weighted by atomic mass is 35.5. The van der Waals surface area contributed by atoms with Crippen LogP contribution in [-0.4, -0.2) is 71.4 Å². The molecule has 2 aromatic carbocycles. The van der Waals surface area contributed by atoms with Crippen molar-refractivity contribution < 1.29 is 33.7 Å². The summed E-state index contributed by atoms with van der Waals surface area (Å²) in [5.41, 5.74) is 0.674. The average molecular weight is 549 g/mol. The lowest BCUT2D eigenvalue weighted by atomic mass is 9.94. The fourth-order valence-corrected chi connectivity index (χ4v) is 3.98. The second kappa shape index (κ2) is 14.6. The van der Waals surface area contributed by atoms with E-state index in [9.17, 15) is 19.5 Å². The first-order valence-electron chi connectivity index (χ1n) is 12.4. The van der Waals surface area contributed by atoms with Crippen molar-refractivity contribution in [2.24, 2.45) is 0 Å². The molecular weight excluding hydrogens is 512 g/mol. The number of hydrogen-bond acceptors (Lipinski definition) is 7. The van der Waals surface area contributed by atoms with Gasteiger partial charge in [-0.1, -0.05) is 42.5 Å². The molecule has 2 aromatic rings. The monoisotopic (exact) mass is 548 g/mol. The Morgan fingerprint density at radius 3 is 2.18 bits per heavy atom. The molecule has 0 saturated carbocycles. The van der Waals surface area contributed by atoms with Crippen LogP contribution in [0.15, 0.2) is 54.6 Å². The number of esters is 1. The molecule has 2 N–H and O–H groups in total. The third-order valence-electron chi connectivity index (χ3n) is 5.55. The third kappa shape index (κ3) is 9.54. The molecule has 9 nitrogen and oxygen atoms in total. The Bertz CT molecular complexity index is 1040. The first-order valence-corrected chi connectivity index (χ1v) is 12.9. The molecule has 0 unspecified atom stereocenters. The summed E-state index contributed by atoms with van der Waals surface area (Å²) in [6, 6.07) is 13.6. The van der Waals surface area contributed by atoms with E-state index in [1.165, 1.54) is 12.0 Å². The second-order valence-corrected chi connectivity index (χ2v) is 9.90. The molecule has 0 spiro atoms. The summed E-state index contributed by atoms with van der Waals surface area (Å²) in [6.45, 7) is 6.75. The zero-order chi connectivity index (χ0) is 28.3. The molecule has 2 rings (SSSR count). The molecule has 208 valence electrons. The fraction of sp³-hybridized carbons (Fsp3) is 0.464. The van der Waals surface area contributed by atoms with E-state index in [2.05, 4.69) is 5.32 Å². The molecule has 0 bridgehead atoms. The Kier molecular flexibility index (Phi) is 11.9. The van der Waals surface area contributed by atoms with E-state index in [1.54, 1.807) is 52.0 Å². The van der Waals surface area contributed by atoms with Gasteiger partial charge in [0, 0.05) is 6.54 Å². The van der Waals surface area contributed by atoms with Crippen LogP contribution in [-0.2, 0) is 32.0 Å². The second-order valence-electron chi connectivity index (χ2n) is 9.63. The van der Waals surface area contributed by atoms with Gasteiger partial charge in [0.25, 0.3) is 0 Å². The molecule has 0 saturated heterocycles. The number of halogens is 1. The minimum Gasteiger partial charge on any atom is -0.497 e. The van der Waals surface area contributed by atoms with E-state index in [4.69, 9.17) is 25.8 Å². The van der Waals surface area contributed by atoms with Crippen molar-refractivity contribution in [1.82, 2.24) is 10.2 Å². The molecular formula is C28H37ClN2O7. The van der Waals surface area contributed by atoms with E-state index < -0.39 is 47.6 Å². The maximum absolute atomic E-state index is 13.2. The number of benzene rings is 2. The van der Waals surface area contributed by atoms with Gasteiger partial charge < -0.3 is 29.5 Å². The van der Waals surface area contributed by atoms with E-state index in [1.807, 2.05) is 30.3 Å². The van der Waals surface area contributed by atoms with Crippen LogP contribution in [0, 0.1) is 0 Å². The molecule has 0 radical (unpaired) electrons. The Balaban J connectivity index is 2.48. The van der Waals surface area contributed by atoms with Crippen LogP contribution >= 0.6 is 11.6 Å². The molecule has 0 aliphatic heterocycles. The zero-order valence-electron chi connectivity index (χ0n) is 22.5. The number of nitrogens with zero attached hydrogens (tertiary/aromatic N) is 1. The number of ether oxygens (including phenoxy) is 3. The topological polar surface area (TPSA) is 114 Å². The summed E-state index contributed by atoms with van der Waals surface area (Å²) in [4.78, 5) is 40.1. The van der Waals surface area contributed by atoms with Crippen LogP contribution in [0.2, 0.25) is 0 Å². The summed E-state index contributed by atoms with van der Waals surface area (Å²) in [7, 11) is 1.54. The molecule has 0 aliphatic rings. The Labute approximate surface area is 229 Å². The number of aliphatic hydroxyl groups is 1. The number of carbonyl (C=O) groups excluding carboxylic acids is 3. The molecule has 0 aliphatic carbocycles. The van der Waals surface area contributed by atoms with Gasteiger partial charge in [0.05, 0.1) is 19.8 Å². The number of amides is 2. The molecule has 10 heteroatoms. The van der Waals surface area contributed by atoms with Gasteiger partial charge in [-0.2, -0.15) is 0 Å². The highest BCUT2D eigenvalue weighted by Gasteiger charge is 2.41. The van der Waals surface area contributed by atoms with Crippen LogP contribution in [0.1, 0.15) is 38.8 Å². The molecule has 3 atom stereocenters. The summed E-state index contributed by atoms with van der Waals surface area (Å²) in [6.07, 6.45) is -2.18. The maximum Gasteiger partial charge on any atom is 0.407 e. The van der Waals surface area contributed by atoms with Gasteiger partial charge in [-0.25, -0.2) is 9.59 Å². The van der Waals surface area contributed by atoms with Crippen LogP contribution in [0.3, 0.4) is 0 Å². The smallest absolute Gasteiger partial charge is 0.407 e. The minimum absolute atomic E-state index is 0.0241. The van der Waals surface area contributed by atoms with Crippen molar-refractivity contribution in [3.05, 3.63) is 65.7 Å². The molecule has 0 fully saturated rings. The van der Waals surface area contributed by atoms with E-state index >= 15 is 0 Å². The number of nitrogens with one attached hydrogen (secondary N) is 1. The number of hydrogen-bond donors (Lipinski definition) is 2. The summed E-state index contributed by atoms with van der Waals surface area (Å²) < 4.78 is 15.9. The molecule has 2 amide bonds. The van der Waals surface area contributed by atoms with Crippen LogP contribution < -0.4 is 10.1 Å². The molecule has 38 heavy (non-hydrogen) atoms. The minimum atomic E-state index is -1.56. The van der Waals surface area contributed by atoms with Crippen LogP contribution in [0.5, 0.6) is 5.75 Å². The Morgan fingerprint density at radius 1 is 1.03 bits per heavy atom. The quantitative estimate of drug-likeness (QED) is 0.307. The third-order valence-corrected chi connectivity index (χ3v) is 5.78. The van der Waals surface area contributed by atoms with Gasteiger partial charge in [-0.3, -0.25) is 4.79 Å². The largest absolute Gasteiger partial charge is 0.497 e. The number of alkyl halides is 1. The van der Waals surface area contributed by atoms with Crippen molar-refractivity contribution in [3.8, 4) is 5.75 Å². The normalized spacial score (nSPS) is 13.6. The number of carbonyl (C=O) groups is 3. The highest BCUT2D eigenvalue weighted by Crippen LogP contribution is 2.21. The number of rotatable bonds is 12. The van der Waals surface area contributed by atoms with Crippen molar-refractivity contribution in [2.45, 2.75) is 64.4 Å². The van der Waals surface area contributed by atoms with Gasteiger partial charge in [0.1, 0.15) is 23.3 Å². The van der Waals surface area contributed by atoms with Crippen molar-refractivity contribution >= 4 is 29.6 Å². The van der Waals surface area contributed by atoms with Crippen LogP contribution in [0.25, 0.3) is 0 Å². The van der Waals surface area contributed by atoms with Gasteiger partial charge in [0.15, 0.2) is 6.04 Å². The molecule has 0 heterocycles. The zero-order valence-corrected chi connectivity index (χ0v) is 23.2. The SMILES string of the molecule is CCOC(=O)[C@@H]([C@H](O)[C@H](Cc1ccccc1)NC(=O)OC(C)(C)C)N(Cc1ccc(OC)cc1)C(=O)CCl. The summed E-state index contributed by atoms with van der Waals surface area (Å²) in [5, 5.41) is 14.3. The predicted molar refractivity (Wildman–Crippen MR) is 144 cm³/mol. The lowest BCUT2D eigenvalue weighted by Gasteiger charge is -2.36. The van der Waals surface area contributed by atoms with Gasteiger partial charge in [-0.15, -0.1) is 11.6 Å². The number of alkyl carbamates (subject to hydrolysis) is 1. The molecule has 0 aromatic heterocycles. The predicted octanol–water partition coefficient (Wildman–Crippen LogP) is 3.69. The van der Waals surface area contributed by atoms with Gasteiger partial charge in [0.2, 0.25) is 5.91 Å². The van der Waals surface area contributed by atoms with Crippen molar-refractivity contribution in [3.63, 3.8) is 0 Å². The maximum atomic E-state index is 13.2. The fourth-order valence-electron chi connectivity index (χ4n) is 3.83. The first kappa shape index (κ1) is 30.9. The van der Waals surface area contributed by atoms with Gasteiger partial charge in [-0.05, 0) is 57.4 Å². The Morgan fingerprint density at radius 2 is 1.66 bits per heavy atom. The lowest BCUT2D eigenvalue weighted by Crippen LogP contribution is -2.60. The standard InChI is InChI=1S/C28H37ClN2O7/c1-6-37-26(34)24(31(23(32)17-29)18-20-12-14-21(36-5)15-13-20)25(33)22(16-19-10-8-7-9-11-19)30-27(35)38-28(2,3)4/h7-15,22,24-25,33H,6,16-18H2,1-5H3,(H,30,35)/t22-,24+,25+/m0/s1. The van der Waals surface area contributed by atoms with E-state index in [-0.39, 0.29) is 19.6 Å². The van der Waals surface area contributed by atoms with Crippen molar-refractivity contribution in [1.29, 1.82) is 0 Å². The number of methoxy groups -OCH3 is 1. The van der Waals surface area contributed by atoms with Gasteiger partial charge >= 0.3 is 12.1 Å². The average Bonchev–Trinajstić information content (AvgIpc) is 2.87. The lowest BCUT2D eigenvalue weighted by molar-refractivity contribution is -0.161. The first-order chi connectivity index (χ1) is 18.0.